The summed E-state index contributed by atoms with van der Waals surface area (Å²) < 4.78 is 26.8. The molecule has 2 N–H and O–H groups in total. The maximum atomic E-state index is 12.6. The largest absolute Gasteiger partial charge is 0.351 e. The number of halogens is 1. The molecule has 0 aromatic heterocycles. The lowest BCUT2D eigenvalue weighted by Gasteiger charge is -2.26. The van der Waals surface area contributed by atoms with Crippen LogP contribution in [0.2, 0.25) is 0 Å². The Morgan fingerprint density at radius 2 is 1.88 bits per heavy atom. The van der Waals surface area contributed by atoms with Crippen LogP contribution in [0, 0.1) is 0 Å². The molecule has 0 aliphatic carbocycles. The lowest BCUT2D eigenvalue weighted by molar-refractivity contribution is 0.0953. The number of sulfonamides is 1. The Labute approximate surface area is 150 Å². The van der Waals surface area contributed by atoms with Gasteiger partial charge in [-0.05, 0) is 37.6 Å². The maximum absolute atomic E-state index is 12.6. The second-order valence-corrected chi connectivity index (χ2v) is 7.54. The number of amides is 1. The first-order valence-electron chi connectivity index (χ1n) is 8.15. The lowest BCUT2D eigenvalue weighted by Crippen LogP contribution is -2.36. The Kier molecular flexibility index (Phi) is 8.69. The Morgan fingerprint density at radius 3 is 2.54 bits per heavy atom. The second-order valence-electron chi connectivity index (χ2n) is 5.60. The Morgan fingerprint density at radius 1 is 1.17 bits per heavy atom. The molecule has 0 atom stereocenters. The number of nitrogens with zero attached hydrogens (tertiary/aromatic N) is 1. The van der Waals surface area contributed by atoms with E-state index < -0.39 is 10.0 Å². The summed E-state index contributed by atoms with van der Waals surface area (Å²) >= 11 is 0. The van der Waals surface area contributed by atoms with Crippen molar-refractivity contribution in [1.82, 2.24) is 14.9 Å². The zero-order chi connectivity index (χ0) is 16.7. The van der Waals surface area contributed by atoms with E-state index in [-0.39, 0.29) is 23.2 Å². The SMILES string of the molecule is CCNCCNC(=O)c1cccc(S(=O)(=O)N2CCCCC2)c1.Cl. The summed E-state index contributed by atoms with van der Waals surface area (Å²) in [4.78, 5) is 12.3. The van der Waals surface area contributed by atoms with Crippen LogP contribution in [-0.4, -0.2) is 51.4 Å². The van der Waals surface area contributed by atoms with Gasteiger partial charge in [0.2, 0.25) is 10.0 Å². The minimum atomic E-state index is -3.51. The minimum Gasteiger partial charge on any atom is -0.351 e. The zero-order valence-corrected chi connectivity index (χ0v) is 15.6. The number of hydrogen-bond donors (Lipinski definition) is 2. The van der Waals surface area contributed by atoms with E-state index in [4.69, 9.17) is 0 Å². The Bertz CT molecular complexity index is 631. The molecule has 0 unspecified atom stereocenters. The zero-order valence-electron chi connectivity index (χ0n) is 14.0. The number of carbonyl (C=O) groups excluding carboxylic acids is 1. The van der Waals surface area contributed by atoms with Crippen molar-refractivity contribution < 1.29 is 13.2 Å². The third-order valence-corrected chi connectivity index (χ3v) is 5.78. The van der Waals surface area contributed by atoms with Crippen molar-refractivity contribution in [2.24, 2.45) is 0 Å². The van der Waals surface area contributed by atoms with Crippen molar-refractivity contribution in [3.8, 4) is 0 Å². The van der Waals surface area contributed by atoms with Crippen molar-refractivity contribution in [1.29, 1.82) is 0 Å². The van der Waals surface area contributed by atoms with E-state index in [1.165, 1.54) is 10.4 Å². The molecule has 1 aliphatic rings. The number of piperidine rings is 1. The molecule has 0 saturated carbocycles. The van der Waals surface area contributed by atoms with Crippen LogP contribution in [0.5, 0.6) is 0 Å². The van der Waals surface area contributed by atoms with E-state index in [1.807, 2.05) is 6.92 Å². The first-order chi connectivity index (χ1) is 11.1. The average Bonchev–Trinajstić information content (AvgIpc) is 2.59. The number of likely N-dealkylation sites (N-methyl/N-ethyl adjacent to an activating group) is 1. The van der Waals surface area contributed by atoms with Crippen LogP contribution in [0.3, 0.4) is 0 Å². The third kappa shape index (κ3) is 5.44. The van der Waals surface area contributed by atoms with Crippen molar-refractivity contribution in [3.63, 3.8) is 0 Å². The van der Waals surface area contributed by atoms with Crippen molar-refractivity contribution in [2.45, 2.75) is 31.1 Å². The first kappa shape index (κ1) is 20.9. The van der Waals surface area contributed by atoms with E-state index in [1.54, 1.807) is 18.2 Å². The quantitative estimate of drug-likeness (QED) is 0.710. The van der Waals surface area contributed by atoms with Crippen LogP contribution in [0.4, 0.5) is 0 Å². The van der Waals surface area contributed by atoms with Gasteiger partial charge in [0, 0.05) is 31.7 Å². The molecule has 1 saturated heterocycles. The fraction of sp³-hybridized carbons (Fsp3) is 0.562. The van der Waals surface area contributed by atoms with Crippen molar-refractivity contribution >= 4 is 28.3 Å². The monoisotopic (exact) mass is 375 g/mol. The molecule has 0 spiro atoms. The van der Waals surface area contributed by atoms with Crippen LogP contribution in [0.25, 0.3) is 0 Å². The standard InChI is InChI=1S/C16H25N3O3S.ClH/c1-2-17-9-10-18-16(20)14-7-6-8-15(13-14)23(21,22)19-11-4-3-5-12-19;/h6-8,13,17H,2-5,9-12H2,1H3,(H,18,20);1H. The molecule has 2 rings (SSSR count). The van der Waals surface area contributed by atoms with E-state index in [0.29, 0.717) is 31.7 Å². The van der Waals surface area contributed by atoms with E-state index in [0.717, 1.165) is 25.8 Å². The molecule has 1 amide bonds. The molecule has 1 fully saturated rings. The van der Waals surface area contributed by atoms with Gasteiger partial charge in [-0.3, -0.25) is 4.79 Å². The molecule has 6 nitrogen and oxygen atoms in total. The predicted molar refractivity (Wildman–Crippen MR) is 97.2 cm³/mol. The molecule has 1 aromatic carbocycles. The summed E-state index contributed by atoms with van der Waals surface area (Å²) in [5.41, 5.74) is 0.375. The van der Waals surface area contributed by atoms with Gasteiger partial charge in [-0.1, -0.05) is 19.4 Å². The van der Waals surface area contributed by atoms with Crippen LogP contribution < -0.4 is 10.6 Å². The van der Waals surface area contributed by atoms with Crippen LogP contribution in [0.15, 0.2) is 29.2 Å². The van der Waals surface area contributed by atoms with Crippen molar-refractivity contribution in [2.75, 3.05) is 32.7 Å². The molecule has 0 bridgehead atoms. The Hall–Kier alpha value is -1.15. The van der Waals surface area contributed by atoms with E-state index >= 15 is 0 Å². The summed E-state index contributed by atoms with van der Waals surface area (Å²) in [6.07, 6.45) is 2.86. The molecule has 8 heteroatoms. The molecule has 24 heavy (non-hydrogen) atoms. The molecule has 1 aliphatic heterocycles. The van der Waals surface area contributed by atoms with Gasteiger partial charge in [-0.25, -0.2) is 8.42 Å². The molecule has 1 heterocycles. The molecular weight excluding hydrogens is 350 g/mol. The summed E-state index contributed by atoms with van der Waals surface area (Å²) in [5, 5.41) is 5.90. The molecular formula is C16H26ClN3O3S. The van der Waals surface area contributed by atoms with Crippen LogP contribution in [0.1, 0.15) is 36.5 Å². The molecule has 1 aromatic rings. The number of rotatable bonds is 7. The predicted octanol–water partition coefficient (Wildman–Crippen LogP) is 1.62. The number of nitrogens with one attached hydrogen (secondary N) is 2. The van der Waals surface area contributed by atoms with Gasteiger partial charge >= 0.3 is 0 Å². The van der Waals surface area contributed by atoms with Gasteiger partial charge in [0.25, 0.3) is 5.91 Å². The third-order valence-electron chi connectivity index (χ3n) is 3.89. The van der Waals surface area contributed by atoms with Crippen molar-refractivity contribution in [3.05, 3.63) is 29.8 Å². The molecule has 136 valence electrons. The van der Waals surface area contributed by atoms with E-state index in [9.17, 15) is 13.2 Å². The second kappa shape index (κ2) is 9.98. The minimum absolute atomic E-state index is 0. The van der Waals surface area contributed by atoms with Gasteiger partial charge in [0.15, 0.2) is 0 Å². The van der Waals surface area contributed by atoms with Crippen LogP contribution >= 0.6 is 12.4 Å². The summed E-state index contributed by atoms with van der Waals surface area (Å²) in [7, 11) is -3.51. The normalized spacial score (nSPS) is 15.5. The van der Waals surface area contributed by atoms with Crippen LogP contribution in [-0.2, 0) is 10.0 Å². The van der Waals surface area contributed by atoms with E-state index in [2.05, 4.69) is 10.6 Å². The van der Waals surface area contributed by atoms with Gasteiger partial charge in [-0.2, -0.15) is 4.31 Å². The highest BCUT2D eigenvalue weighted by Gasteiger charge is 2.26. The highest BCUT2D eigenvalue weighted by atomic mass is 35.5. The topological polar surface area (TPSA) is 78.5 Å². The smallest absolute Gasteiger partial charge is 0.251 e. The van der Waals surface area contributed by atoms with Gasteiger partial charge in [0.05, 0.1) is 4.90 Å². The highest BCUT2D eigenvalue weighted by molar-refractivity contribution is 7.89. The number of carbonyl (C=O) groups is 1. The Balaban J connectivity index is 0.00000288. The van der Waals surface area contributed by atoms with Gasteiger partial charge < -0.3 is 10.6 Å². The maximum Gasteiger partial charge on any atom is 0.251 e. The highest BCUT2D eigenvalue weighted by Crippen LogP contribution is 2.21. The number of benzene rings is 1. The average molecular weight is 376 g/mol. The lowest BCUT2D eigenvalue weighted by atomic mass is 10.2. The number of hydrogen-bond acceptors (Lipinski definition) is 4. The summed E-state index contributed by atoms with van der Waals surface area (Å²) in [6.45, 7) is 5.16. The fourth-order valence-electron chi connectivity index (χ4n) is 2.60. The fourth-order valence-corrected chi connectivity index (χ4v) is 4.16. The summed E-state index contributed by atoms with van der Waals surface area (Å²) in [6, 6.07) is 6.28. The van der Waals surface area contributed by atoms with Gasteiger partial charge in [-0.15, -0.1) is 12.4 Å². The summed E-state index contributed by atoms with van der Waals surface area (Å²) in [5.74, 6) is -0.251. The van der Waals surface area contributed by atoms with Gasteiger partial charge in [0.1, 0.15) is 0 Å². The first-order valence-corrected chi connectivity index (χ1v) is 9.59. The molecule has 0 radical (unpaired) electrons.